The molecule has 0 radical (unpaired) electrons. The van der Waals surface area contributed by atoms with Crippen molar-refractivity contribution in [3.05, 3.63) is 60.0 Å². The predicted molar refractivity (Wildman–Crippen MR) is 141 cm³/mol. The van der Waals surface area contributed by atoms with E-state index in [1.165, 1.54) is 33.3 Å². The number of pyridine rings is 1. The second-order valence-electron chi connectivity index (χ2n) is 10.6. The Hall–Kier alpha value is -3.12. The van der Waals surface area contributed by atoms with Gasteiger partial charge in [0.05, 0.1) is 11.6 Å². The summed E-state index contributed by atoms with van der Waals surface area (Å²) in [6, 6.07) is 11.2. The fourth-order valence-electron chi connectivity index (χ4n) is 6.13. The number of aromatic nitrogens is 3. The van der Waals surface area contributed by atoms with Crippen molar-refractivity contribution in [2.45, 2.75) is 51.4 Å². The van der Waals surface area contributed by atoms with Crippen LogP contribution < -0.4 is 5.32 Å². The lowest BCUT2D eigenvalue weighted by Crippen LogP contribution is -2.45. The van der Waals surface area contributed by atoms with Crippen LogP contribution in [-0.2, 0) is 4.79 Å². The second-order valence-corrected chi connectivity index (χ2v) is 10.6. The molecule has 1 aromatic carbocycles. The minimum atomic E-state index is 0.171. The van der Waals surface area contributed by atoms with Gasteiger partial charge < -0.3 is 19.6 Å². The van der Waals surface area contributed by atoms with Crippen LogP contribution >= 0.6 is 0 Å². The molecule has 35 heavy (non-hydrogen) atoms. The highest BCUT2D eigenvalue weighted by atomic mass is 16.2. The topological polar surface area (TPSA) is 65.4 Å². The lowest BCUT2D eigenvalue weighted by molar-refractivity contribution is -0.137. The van der Waals surface area contributed by atoms with Gasteiger partial charge in [0.2, 0.25) is 5.91 Å². The zero-order chi connectivity index (χ0) is 23.9. The summed E-state index contributed by atoms with van der Waals surface area (Å²) in [5.74, 6) is 1.44. The van der Waals surface area contributed by atoms with Crippen molar-refractivity contribution in [2.75, 3.05) is 26.2 Å². The number of piperidine rings is 2. The first-order valence-corrected chi connectivity index (χ1v) is 13.2. The first-order valence-electron chi connectivity index (χ1n) is 13.2. The Labute approximate surface area is 206 Å². The van der Waals surface area contributed by atoms with Gasteiger partial charge in [0.15, 0.2) is 0 Å². The summed E-state index contributed by atoms with van der Waals surface area (Å²) in [5, 5.41) is 4.71. The normalized spacial score (nSPS) is 19.7. The quantitative estimate of drug-likeness (QED) is 0.426. The van der Waals surface area contributed by atoms with E-state index in [2.05, 4.69) is 75.0 Å². The molecule has 2 saturated heterocycles. The molecular formula is C29H35N5O. The van der Waals surface area contributed by atoms with Crippen LogP contribution in [0.3, 0.4) is 0 Å². The first kappa shape index (κ1) is 22.4. The molecule has 0 saturated carbocycles. The molecule has 0 aliphatic carbocycles. The number of benzene rings is 1. The third kappa shape index (κ3) is 4.14. The second kappa shape index (κ2) is 9.15. The van der Waals surface area contributed by atoms with Gasteiger partial charge in [-0.3, -0.25) is 4.79 Å². The maximum Gasteiger partial charge on any atom is 0.226 e. The Morgan fingerprint density at radius 2 is 1.97 bits per heavy atom. The fourth-order valence-corrected chi connectivity index (χ4v) is 6.13. The van der Waals surface area contributed by atoms with E-state index in [1.807, 2.05) is 12.4 Å². The molecule has 0 unspecified atom stereocenters. The lowest BCUT2D eigenvalue weighted by atomic mass is 9.87. The molecule has 6 heteroatoms. The van der Waals surface area contributed by atoms with E-state index >= 15 is 0 Å². The van der Waals surface area contributed by atoms with Gasteiger partial charge in [0.1, 0.15) is 5.65 Å². The Balaban J connectivity index is 1.26. The van der Waals surface area contributed by atoms with E-state index in [0.29, 0.717) is 17.7 Å². The van der Waals surface area contributed by atoms with Crippen molar-refractivity contribution < 1.29 is 4.79 Å². The zero-order valence-corrected chi connectivity index (χ0v) is 20.8. The van der Waals surface area contributed by atoms with Crippen LogP contribution in [0, 0.1) is 5.92 Å². The van der Waals surface area contributed by atoms with Crippen molar-refractivity contribution in [2.24, 2.45) is 5.92 Å². The van der Waals surface area contributed by atoms with Crippen LogP contribution in [0.1, 0.15) is 62.5 Å². The molecule has 5 heterocycles. The molecule has 1 atom stereocenters. The number of likely N-dealkylation sites (tertiary alicyclic amines) is 1. The molecule has 2 fully saturated rings. The highest BCUT2D eigenvalue weighted by Crippen LogP contribution is 2.38. The van der Waals surface area contributed by atoms with Crippen molar-refractivity contribution in [3.63, 3.8) is 0 Å². The van der Waals surface area contributed by atoms with Gasteiger partial charge in [-0.1, -0.05) is 19.9 Å². The minimum Gasteiger partial charge on any atom is -0.354 e. The summed E-state index contributed by atoms with van der Waals surface area (Å²) >= 11 is 0. The third-order valence-corrected chi connectivity index (χ3v) is 8.04. The number of hydrogen-bond acceptors (Lipinski definition) is 3. The number of aromatic amines is 1. The van der Waals surface area contributed by atoms with Crippen LogP contribution in [0.15, 0.2) is 48.9 Å². The molecule has 0 bridgehead atoms. The molecule has 2 N–H and O–H groups in total. The van der Waals surface area contributed by atoms with Crippen molar-refractivity contribution in [1.82, 2.24) is 24.6 Å². The SMILES string of the molecule is CC(C)c1c(-c2ccc3nccn3c2)[nH]c2ccc(C3CCN(C(=O)[C@H]4CCCNC4)CC3)cc12. The predicted octanol–water partition coefficient (Wildman–Crippen LogP) is 5.31. The Morgan fingerprint density at radius 3 is 2.74 bits per heavy atom. The van der Waals surface area contributed by atoms with Crippen LogP contribution in [0.2, 0.25) is 0 Å². The summed E-state index contributed by atoms with van der Waals surface area (Å²) in [4.78, 5) is 23.2. The fraction of sp³-hybridized carbons (Fsp3) is 0.448. The van der Waals surface area contributed by atoms with Crippen molar-refractivity contribution in [1.29, 1.82) is 0 Å². The summed E-state index contributed by atoms with van der Waals surface area (Å²) in [6.45, 7) is 8.19. The molecule has 4 aromatic rings. The first-order chi connectivity index (χ1) is 17.1. The summed E-state index contributed by atoms with van der Waals surface area (Å²) in [7, 11) is 0. The summed E-state index contributed by atoms with van der Waals surface area (Å²) in [6.07, 6.45) is 10.2. The molecule has 1 amide bonds. The van der Waals surface area contributed by atoms with Gasteiger partial charge in [-0.15, -0.1) is 0 Å². The van der Waals surface area contributed by atoms with E-state index in [0.717, 1.165) is 57.5 Å². The number of rotatable bonds is 4. The number of carbonyl (C=O) groups is 1. The Morgan fingerprint density at radius 1 is 1.11 bits per heavy atom. The molecule has 6 nitrogen and oxygen atoms in total. The minimum absolute atomic E-state index is 0.171. The number of amides is 1. The van der Waals surface area contributed by atoms with Gasteiger partial charge in [-0.2, -0.15) is 0 Å². The van der Waals surface area contributed by atoms with Crippen LogP contribution in [0.5, 0.6) is 0 Å². The van der Waals surface area contributed by atoms with E-state index < -0.39 is 0 Å². The zero-order valence-electron chi connectivity index (χ0n) is 20.8. The smallest absolute Gasteiger partial charge is 0.226 e. The van der Waals surface area contributed by atoms with E-state index in [-0.39, 0.29) is 5.92 Å². The van der Waals surface area contributed by atoms with Crippen LogP contribution in [0.4, 0.5) is 0 Å². The largest absolute Gasteiger partial charge is 0.354 e. The summed E-state index contributed by atoms with van der Waals surface area (Å²) in [5.41, 5.74) is 7.31. The molecule has 2 aliphatic rings. The molecule has 6 rings (SSSR count). The van der Waals surface area contributed by atoms with Crippen molar-refractivity contribution >= 4 is 22.5 Å². The molecule has 3 aromatic heterocycles. The highest BCUT2D eigenvalue weighted by molar-refractivity contribution is 5.92. The number of imidazole rings is 1. The standard InChI is InChI=1S/C29H35N5O/c1-19(2)27-24-16-21(20-9-13-33(14-10-20)29(35)22-4-3-11-30-17-22)5-7-25(24)32-28(27)23-6-8-26-31-12-15-34(26)18-23/h5-8,12,15-16,18-20,22,30,32H,3-4,9-11,13-14,17H2,1-2H3/t22-/m0/s1. The molecule has 0 spiro atoms. The third-order valence-electron chi connectivity index (χ3n) is 8.04. The maximum atomic E-state index is 13.0. The number of nitrogens with zero attached hydrogens (tertiary/aromatic N) is 3. The number of nitrogens with one attached hydrogen (secondary N) is 2. The average molecular weight is 470 g/mol. The van der Waals surface area contributed by atoms with Crippen LogP contribution in [0.25, 0.3) is 27.8 Å². The van der Waals surface area contributed by atoms with E-state index in [1.54, 1.807) is 0 Å². The van der Waals surface area contributed by atoms with Gasteiger partial charge in [0, 0.05) is 54.7 Å². The van der Waals surface area contributed by atoms with Gasteiger partial charge in [0.25, 0.3) is 0 Å². The number of H-pyrrole nitrogens is 1. The Bertz CT molecular complexity index is 1350. The number of fused-ring (bicyclic) bond motifs is 2. The molecule has 182 valence electrons. The average Bonchev–Trinajstić information content (AvgIpc) is 3.52. The monoisotopic (exact) mass is 469 g/mol. The van der Waals surface area contributed by atoms with Gasteiger partial charge >= 0.3 is 0 Å². The highest BCUT2D eigenvalue weighted by Gasteiger charge is 2.30. The lowest BCUT2D eigenvalue weighted by Gasteiger charge is -2.35. The number of carbonyl (C=O) groups excluding carboxylic acids is 1. The Kier molecular flexibility index (Phi) is 5.85. The molecule has 2 aliphatic heterocycles. The van der Waals surface area contributed by atoms with Gasteiger partial charge in [-0.25, -0.2) is 4.98 Å². The van der Waals surface area contributed by atoms with E-state index in [9.17, 15) is 4.79 Å². The van der Waals surface area contributed by atoms with Crippen molar-refractivity contribution in [3.8, 4) is 11.3 Å². The van der Waals surface area contributed by atoms with Gasteiger partial charge in [-0.05, 0) is 79.5 Å². The van der Waals surface area contributed by atoms with Crippen LogP contribution in [-0.4, -0.2) is 51.4 Å². The van der Waals surface area contributed by atoms with E-state index in [4.69, 9.17) is 0 Å². The number of hydrogen-bond donors (Lipinski definition) is 2. The maximum absolute atomic E-state index is 13.0. The molecular weight excluding hydrogens is 434 g/mol. The summed E-state index contributed by atoms with van der Waals surface area (Å²) < 4.78 is 2.08.